The van der Waals surface area contributed by atoms with E-state index in [1.807, 2.05) is 0 Å². The molecule has 5 heteroatoms. The minimum absolute atomic E-state index is 0.120. The van der Waals surface area contributed by atoms with Gasteiger partial charge < -0.3 is 14.4 Å². The van der Waals surface area contributed by atoms with Crippen molar-refractivity contribution in [1.82, 2.24) is 14.8 Å². The van der Waals surface area contributed by atoms with E-state index in [9.17, 15) is 0 Å². The Balaban J connectivity index is 1.37. The number of pyridine rings is 1. The Hall–Kier alpha value is -1.01. The van der Waals surface area contributed by atoms with E-state index in [1.165, 1.54) is 32.5 Å². The molecule has 1 spiro atoms. The molecule has 0 unspecified atom stereocenters. The molecule has 1 aromatic rings. The Morgan fingerprint density at radius 1 is 1.20 bits per heavy atom. The Morgan fingerprint density at radius 3 is 2.92 bits per heavy atom. The molecule has 3 fully saturated rings. The zero-order valence-electron chi connectivity index (χ0n) is 15.5. The summed E-state index contributed by atoms with van der Waals surface area (Å²) in [5.74, 6) is 0.652. The molecule has 25 heavy (non-hydrogen) atoms. The van der Waals surface area contributed by atoms with Gasteiger partial charge in [-0.05, 0) is 57.3 Å². The number of likely N-dealkylation sites (tertiary alicyclic amines) is 1. The number of aryl methyl sites for hydroxylation is 1. The first kappa shape index (κ1) is 17.4. The van der Waals surface area contributed by atoms with Gasteiger partial charge in [-0.2, -0.15) is 0 Å². The summed E-state index contributed by atoms with van der Waals surface area (Å²) in [4.78, 5) is 9.74. The molecule has 0 aromatic carbocycles. The summed E-state index contributed by atoms with van der Waals surface area (Å²) in [6.45, 7) is 11.0. The first-order chi connectivity index (χ1) is 12.2. The van der Waals surface area contributed by atoms with E-state index in [-0.39, 0.29) is 5.60 Å². The molecular formula is C20H31N3O2. The van der Waals surface area contributed by atoms with Gasteiger partial charge in [0.15, 0.2) is 0 Å². The van der Waals surface area contributed by atoms with Crippen LogP contribution in [-0.4, -0.2) is 72.9 Å². The van der Waals surface area contributed by atoms with Crippen molar-refractivity contribution in [1.29, 1.82) is 0 Å². The third kappa shape index (κ3) is 4.40. The molecule has 2 atom stereocenters. The van der Waals surface area contributed by atoms with E-state index >= 15 is 0 Å². The third-order valence-corrected chi connectivity index (χ3v) is 5.76. The first-order valence-corrected chi connectivity index (χ1v) is 9.80. The summed E-state index contributed by atoms with van der Waals surface area (Å²) in [5, 5.41) is 0. The Labute approximate surface area is 151 Å². The van der Waals surface area contributed by atoms with Crippen molar-refractivity contribution < 1.29 is 9.47 Å². The highest BCUT2D eigenvalue weighted by molar-refractivity contribution is 5.10. The predicted octanol–water partition coefficient (Wildman–Crippen LogP) is 2.09. The summed E-state index contributed by atoms with van der Waals surface area (Å²) >= 11 is 0. The second-order valence-electron chi connectivity index (χ2n) is 8.11. The van der Waals surface area contributed by atoms with Crippen LogP contribution in [0.1, 0.15) is 30.7 Å². The second-order valence-corrected chi connectivity index (χ2v) is 8.11. The van der Waals surface area contributed by atoms with Gasteiger partial charge in [0.05, 0.1) is 25.5 Å². The van der Waals surface area contributed by atoms with Crippen molar-refractivity contribution in [2.75, 3.05) is 52.5 Å². The molecule has 3 saturated heterocycles. The van der Waals surface area contributed by atoms with Gasteiger partial charge in [-0.3, -0.25) is 9.88 Å². The third-order valence-electron chi connectivity index (χ3n) is 5.76. The number of hydrogen-bond donors (Lipinski definition) is 0. The van der Waals surface area contributed by atoms with Crippen LogP contribution in [0.25, 0.3) is 0 Å². The lowest BCUT2D eigenvalue weighted by molar-refractivity contribution is -0.0563. The van der Waals surface area contributed by atoms with E-state index in [4.69, 9.17) is 9.47 Å². The van der Waals surface area contributed by atoms with E-state index < -0.39 is 0 Å². The fraction of sp³-hybridized carbons (Fsp3) is 0.750. The summed E-state index contributed by atoms with van der Waals surface area (Å²) in [6.07, 6.45) is 3.85. The lowest BCUT2D eigenvalue weighted by Gasteiger charge is -2.31. The Morgan fingerprint density at radius 2 is 2.08 bits per heavy atom. The van der Waals surface area contributed by atoms with Crippen LogP contribution in [0.2, 0.25) is 0 Å². The SMILES string of the molecule is Cc1cccc(CN2CCOC[C@@]3(C[C@H](CN4CCCC4)CO3)C2)n1. The largest absolute Gasteiger partial charge is 0.377 e. The van der Waals surface area contributed by atoms with Crippen LogP contribution >= 0.6 is 0 Å². The molecule has 3 aliphatic rings. The molecule has 138 valence electrons. The molecule has 5 nitrogen and oxygen atoms in total. The van der Waals surface area contributed by atoms with Crippen molar-refractivity contribution in [3.05, 3.63) is 29.6 Å². The van der Waals surface area contributed by atoms with E-state index in [1.54, 1.807) is 0 Å². The standard InChI is InChI=1S/C20H31N3O2/c1-17-5-4-6-19(21-17)13-23-9-10-24-16-20(15-23)11-18(14-25-20)12-22-7-2-3-8-22/h4-6,18H,2-3,7-16H2,1H3/t18-,20-/m1/s1. The maximum Gasteiger partial charge on any atom is 0.104 e. The molecule has 0 aliphatic carbocycles. The van der Waals surface area contributed by atoms with E-state index in [0.29, 0.717) is 5.92 Å². The van der Waals surface area contributed by atoms with Gasteiger partial charge in [0.25, 0.3) is 0 Å². The number of nitrogens with zero attached hydrogens (tertiary/aromatic N) is 3. The zero-order valence-corrected chi connectivity index (χ0v) is 15.5. The molecular weight excluding hydrogens is 314 g/mol. The van der Waals surface area contributed by atoms with Crippen LogP contribution in [0, 0.1) is 12.8 Å². The molecule has 0 amide bonds. The van der Waals surface area contributed by atoms with Gasteiger partial charge in [-0.25, -0.2) is 0 Å². The van der Waals surface area contributed by atoms with Crippen LogP contribution in [0.3, 0.4) is 0 Å². The Bertz CT molecular complexity index is 576. The lowest BCUT2D eigenvalue weighted by Crippen LogP contribution is -2.44. The van der Waals surface area contributed by atoms with Gasteiger partial charge in [-0.1, -0.05) is 6.07 Å². The van der Waals surface area contributed by atoms with Crippen molar-refractivity contribution in [3.8, 4) is 0 Å². The first-order valence-electron chi connectivity index (χ1n) is 9.80. The average Bonchev–Trinajstić information content (AvgIpc) is 3.18. The lowest BCUT2D eigenvalue weighted by atomic mass is 9.94. The highest BCUT2D eigenvalue weighted by Crippen LogP contribution is 2.34. The summed E-state index contributed by atoms with van der Waals surface area (Å²) in [6, 6.07) is 6.27. The molecule has 0 radical (unpaired) electrons. The molecule has 1 aromatic heterocycles. The zero-order chi connectivity index (χ0) is 17.1. The highest BCUT2D eigenvalue weighted by Gasteiger charge is 2.43. The minimum Gasteiger partial charge on any atom is -0.377 e. The van der Waals surface area contributed by atoms with Gasteiger partial charge in [0.1, 0.15) is 5.60 Å². The normalized spacial score (nSPS) is 31.6. The fourth-order valence-corrected chi connectivity index (χ4v) is 4.63. The van der Waals surface area contributed by atoms with Crippen LogP contribution in [0.5, 0.6) is 0 Å². The van der Waals surface area contributed by atoms with Crippen LogP contribution < -0.4 is 0 Å². The maximum absolute atomic E-state index is 6.36. The summed E-state index contributed by atoms with van der Waals surface area (Å²) in [5.41, 5.74) is 2.11. The number of aromatic nitrogens is 1. The number of hydrogen-bond acceptors (Lipinski definition) is 5. The predicted molar refractivity (Wildman–Crippen MR) is 97.5 cm³/mol. The quantitative estimate of drug-likeness (QED) is 0.835. The van der Waals surface area contributed by atoms with Crippen molar-refractivity contribution in [3.63, 3.8) is 0 Å². The van der Waals surface area contributed by atoms with Crippen molar-refractivity contribution >= 4 is 0 Å². The molecule has 4 rings (SSSR count). The van der Waals surface area contributed by atoms with Gasteiger partial charge in [0, 0.05) is 31.9 Å². The molecule has 0 N–H and O–H groups in total. The highest BCUT2D eigenvalue weighted by atomic mass is 16.5. The topological polar surface area (TPSA) is 37.8 Å². The number of ether oxygens (including phenoxy) is 2. The smallest absolute Gasteiger partial charge is 0.104 e. The van der Waals surface area contributed by atoms with Gasteiger partial charge in [-0.15, -0.1) is 0 Å². The molecule has 0 saturated carbocycles. The van der Waals surface area contributed by atoms with E-state index in [2.05, 4.69) is 39.9 Å². The molecule has 3 aliphatic heterocycles. The van der Waals surface area contributed by atoms with Gasteiger partial charge in [0.2, 0.25) is 0 Å². The minimum atomic E-state index is -0.120. The molecule has 0 bridgehead atoms. The maximum atomic E-state index is 6.36. The van der Waals surface area contributed by atoms with Crippen LogP contribution in [0.4, 0.5) is 0 Å². The molecule has 4 heterocycles. The van der Waals surface area contributed by atoms with E-state index in [0.717, 1.165) is 57.3 Å². The second kappa shape index (κ2) is 7.70. The van der Waals surface area contributed by atoms with Crippen LogP contribution in [0.15, 0.2) is 18.2 Å². The average molecular weight is 345 g/mol. The monoisotopic (exact) mass is 345 g/mol. The van der Waals surface area contributed by atoms with Crippen molar-refractivity contribution in [2.24, 2.45) is 5.92 Å². The summed E-state index contributed by atoms with van der Waals surface area (Å²) in [7, 11) is 0. The van der Waals surface area contributed by atoms with Crippen molar-refractivity contribution in [2.45, 2.75) is 38.3 Å². The summed E-state index contributed by atoms with van der Waals surface area (Å²) < 4.78 is 12.3. The Kier molecular flexibility index (Phi) is 5.36. The van der Waals surface area contributed by atoms with Gasteiger partial charge >= 0.3 is 0 Å². The number of rotatable bonds is 4. The fourth-order valence-electron chi connectivity index (χ4n) is 4.63. The van der Waals surface area contributed by atoms with Crippen LogP contribution in [-0.2, 0) is 16.0 Å².